The molecule has 0 bridgehead atoms. The van der Waals surface area contributed by atoms with E-state index in [4.69, 9.17) is 4.74 Å². The van der Waals surface area contributed by atoms with Crippen molar-refractivity contribution >= 4 is 5.78 Å². The van der Waals surface area contributed by atoms with Gasteiger partial charge in [0.2, 0.25) is 0 Å². The molecule has 0 atom stereocenters. The first-order valence-electron chi connectivity index (χ1n) is 7.16. The minimum Gasteiger partial charge on any atom is -0.497 e. The number of carbonyl (C=O) groups excluding carboxylic acids is 1. The molecule has 0 aliphatic carbocycles. The number of nitrogens with zero attached hydrogens (tertiary/aromatic N) is 3. The first kappa shape index (κ1) is 14.8. The monoisotopic (exact) mass is 305 g/mol. The maximum Gasteiger partial charge on any atom is 0.168 e. The van der Waals surface area contributed by atoms with Gasteiger partial charge in [0, 0.05) is 18.0 Å². The van der Waals surface area contributed by atoms with E-state index < -0.39 is 0 Å². The van der Waals surface area contributed by atoms with Crippen LogP contribution in [0.3, 0.4) is 0 Å². The van der Waals surface area contributed by atoms with Crippen LogP contribution in [0.2, 0.25) is 0 Å². The Kier molecular flexibility index (Phi) is 4.38. The molecule has 5 heteroatoms. The second kappa shape index (κ2) is 6.79. The van der Waals surface area contributed by atoms with Gasteiger partial charge >= 0.3 is 0 Å². The lowest BCUT2D eigenvalue weighted by molar-refractivity contribution is 0.0992. The lowest BCUT2D eigenvalue weighted by Gasteiger charge is -2.04. The van der Waals surface area contributed by atoms with Crippen molar-refractivity contribution in [1.82, 2.24) is 15.0 Å². The van der Waals surface area contributed by atoms with Gasteiger partial charge in [-0.2, -0.15) is 0 Å². The molecule has 0 aliphatic rings. The lowest BCUT2D eigenvalue weighted by atomic mass is 10.1. The van der Waals surface area contributed by atoms with Gasteiger partial charge in [0.25, 0.3) is 0 Å². The van der Waals surface area contributed by atoms with Gasteiger partial charge in [-0.25, -0.2) is 0 Å². The van der Waals surface area contributed by atoms with E-state index in [0.29, 0.717) is 17.0 Å². The van der Waals surface area contributed by atoms with Crippen molar-refractivity contribution in [2.24, 2.45) is 0 Å². The Balaban J connectivity index is 1.71. The molecule has 2 aromatic heterocycles. The molecule has 1 aromatic carbocycles. The minimum atomic E-state index is -0.00691. The molecule has 0 aliphatic heterocycles. The van der Waals surface area contributed by atoms with E-state index in [2.05, 4.69) is 15.0 Å². The van der Waals surface area contributed by atoms with Gasteiger partial charge in [-0.1, -0.05) is 6.07 Å². The van der Waals surface area contributed by atoms with Gasteiger partial charge in [-0.05, 0) is 36.4 Å². The fourth-order valence-corrected chi connectivity index (χ4v) is 2.14. The summed E-state index contributed by atoms with van der Waals surface area (Å²) in [6, 6.07) is 12.6. The number of rotatable bonds is 5. The van der Waals surface area contributed by atoms with Crippen molar-refractivity contribution in [3.63, 3.8) is 0 Å². The molecule has 0 saturated heterocycles. The molecule has 0 saturated carbocycles. The predicted octanol–water partition coefficient (Wildman–Crippen LogP) is 2.97. The number of carbonyl (C=O) groups is 1. The summed E-state index contributed by atoms with van der Waals surface area (Å²) in [5.41, 5.74) is 2.70. The molecule has 0 spiro atoms. The molecule has 23 heavy (non-hydrogen) atoms. The van der Waals surface area contributed by atoms with Crippen molar-refractivity contribution < 1.29 is 9.53 Å². The maximum atomic E-state index is 12.2. The number of hydrogen-bond donors (Lipinski definition) is 0. The maximum absolute atomic E-state index is 12.2. The summed E-state index contributed by atoms with van der Waals surface area (Å²) < 4.78 is 5.08. The van der Waals surface area contributed by atoms with Crippen LogP contribution in [0.25, 0.3) is 11.4 Å². The van der Waals surface area contributed by atoms with Crippen LogP contribution in [0, 0.1) is 0 Å². The Morgan fingerprint density at radius 2 is 1.78 bits per heavy atom. The van der Waals surface area contributed by atoms with Gasteiger partial charge in [0.05, 0.1) is 31.1 Å². The van der Waals surface area contributed by atoms with Crippen LogP contribution < -0.4 is 4.74 Å². The van der Waals surface area contributed by atoms with Gasteiger partial charge in [0.15, 0.2) is 5.78 Å². The molecule has 0 radical (unpaired) electrons. The van der Waals surface area contributed by atoms with E-state index in [1.165, 1.54) is 0 Å². The number of pyridine rings is 1. The number of ether oxygens (including phenoxy) is 1. The zero-order valence-electron chi connectivity index (χ0n) is 12.6. The third kappa shape index (κ3) is 3.58. The van der Waals surface area contributed by atoms with Gasteiger partial charge < -0.3 is 4.74 Å². The smallest absolute Gasteiger partial charge is 0.168 e. The molecule has 0 fully saturated rings. The number of methoxy groups -OCH3 is 1. The highest BCUT2D eigenvalue weighted by Gasteiger charge is 2.09. The first-order chi connectivity index (χ1) is 11.3. The SMILES string of the molecule is COc1ccc(C(=O)Cc2cnc(-c3ccccn3)cn2)cc1. The van der Waals surface area contributed by atoms with Crippen LogP contribution in [-0.2, 0) is 6.42 Å². The Bertz CT molecular complexity index is 785. The zero-order chi connectivity index (χ0) is 16.1. The Morgan fingerprint density at radius 1 is 0.957 bits per heavy atom. The van der Waals surface area contributed by atoms with Crippen molar-refractivity contribution in [2.75, 3.05) is 7.11 Å². The summed E-state index contributed by atoms with van der Waals surface area (Å²) >= 11 is 0. The molecule has 0 amide bonds. The molecular weight excluding hydrogens is 290 g/mol. The van der Waals surface area contributed by atoms with Crippen LogP contribution >= 0.6 is 0 Å². The highest BCUT2D eigenvalue weighted by Crippen LogP contribution is 2.14. The Labute approximate surface area is 134 Å². The minimum absolute atomic E-state index is 0.00691. The van der Waals surface area contributed by atoms with Crippen molar-refractivity contribution in [3.05, 3.63) is 72.3 Å². The van der Waals surface area contributed by atoms with Crippen LogP contribution in [0.5, 0.6) is 5.75 Å². The van der Waals surface area contributed by atoms with E-state index >= 15 is 0 Å². The van der Waals surface area contributed by atoms with Gasteiger partial charge in [-0.15, -0.1) is 0 Å². The fourth-order valence-electron chi connectivity index (χ4n) is 2.14. The van der Waals surface area contributed by atoms with E-state index in [1.54, 1.807) is 50.0 Å². The van der Waals surface area contributed by atoms with Crippen LogP contribution in [0.15, 0.2) is 61.1 Å². The summed E-state index contributed by atoms with van der Waals surface area (Å²) in [4.78, 5) is 25.1. The summed E-state index contributed by atoms with van der Waals surface area (Å²) in [6.45, 7) is 0. The summed E-state index contributed by atoms with van der Waals surface area (Å²) in [5.74, 6) is 0.716. The topological polar surface area (TPSA) is 65.0 Å². The zero-order valence-corrected chi connectivity index (χ0v) is 12.6. The average molecular weight is 305 g/mol. The Morgan fingerprint density at radius 3 is 2.39 bits per heavy atom. The molecule has 3 rings (SSSR count). The van der Waals surface area contributed by atoms with Crippen molar-refractivity contribution in [1.29, 1.82) is 0 Å². The van der Waals surface area contributed by atoms with E-state index in [-0.39, 0.29) is 12.2 Å². The lowest BCUT2D eigenvalue weighted by Crippen LogP contribution is -2.05. The van der Waals surface area contributed by atoms with Crippen molar-refractivity contribution in [2.45, 2.75) is 6.42 Å². The second-order valence-electron chi connectivity index (χ2n) is 4.94. The Hall–Kier alpha value is -3.08. The standard InChI is InChI=1S/C18H15N3O2/c1-23-15-7-5-13(6-8-15)18(22)10-14-11-21-17(12-20-14)16-4-2-3-9-19-16/h2-9,11-12H,10H2,1H3. The van der Waals surface area contributed by atoms with E-state index in [1.807, 2.05) is 18.2 Å². The molecule has 0 N–H and O–H groups in total. The second-order valence-corrected chi connectivity index (χ2v) is 4.94. The number of benzene rings is 1. The fraction of sp³-hybridized carbons (Fsp3) is 0.111. The predicted molar refractivity (Wildman–Crippen MR) is 86.3 cm³/mol. The summed E-state index contributed by atoms with van der Waals surface area (Å²) in [6.07, 6.45) is 5.17. The third-order valence-electron chi connectivity index (χ3n) is 3.39. The largest absolute Gasteiger partial charge is 0.497 e. The van der Waals surface area contributed by atoms with E-state index in [0.717, 1.165) is 11.4 Å². The molecular formula is C18H15N3O2. The summed E-state index contributed by atoms with van der Waals surface area (Å²) in [5, 5.41) is 0. The molecule has 3 aromatic rings. The van der Waals surface area contributed by atoms with Gasteiger partial charge in [-0.3, -0.25) is 19.7 Å². The highest BCUT2D eigenvalue weighted by molar-refractivity contribution is 5.97. The average Bonchev–Trinajstić information content (AvgIpc) is 2.63. The van der Waals surface area contributed by atoms with Crippen LogP contribution in [0.1, 0.15) is 16.1 Å². The number of aromatic nitrogens is 3. The number of hydrogen-bond acceptors (Lipinski definition) is 5. The quantitative estimate of drug-likeness (QED) is 0.678. The third-order valence-corrected chi connectivity index (χ3v) is 3.39. The number of ketones is 1. The summed E-state index contributed by atoms with van der Waals surface area (Å²) in [7, 11) is 1.59. The molecule has 0 unspecified atom stereocenters. The first-order valence-corrected chi connectivity index (χ1v) is 7.16. The van der Waals surface area contributed by atoms with Crippen molar-refractivity contribution in [3.8, 4) is 17.1 Å². The van der Waals surface area contributed by atoms with Crippen LogP contribution in [-0.4, -0.2) is 27.8 Å². The van der Waals surface area contributed by atoms with E-state index in [9.17, 15) is 4.79 Å². The number of Topliss-reactive ketones (excluding diaryl/α,β-unsaturated/α-hetero) is 1. The highest BCUT2D eigenvalue weighted by atomic mass is 16.5. The molecule has 114 valence electrons. The van der Waals surface area contributed by atoms with Crippen LogP contribution in [0.4, 0.5) is 0 Å². The molecule has 5 nitrogen and oxygen atoms in total. The van der Waals surface area contributed by atoms with Gasteiger partial charge in [0.1, 0.15) is 11.4 Å². The molecule has 2 heterocycles. The normalized spacial score (nSPS) is 10.3.